The largest absolute Gasteiger partial charge is 0.381 e. The molecule has 2 fully saturated rings. The molecule has 3 rings (SSSR count). The number of nitrogens with one attached hydrogen (secondary N) is 1. The average Bonchev–Trinajstić information content (AvgIpc) is 3.27. The Kier molecular flexibility index (Phi) is 5.13. The SMILES string of the molecule is CC(C)(C)C(=O)Nc1cccc(C(=O)N(C[C@@H]2CCOC2)C2CC2)c1. The standard InChI is InChI=1S/C20H28N2O3/c1-20(2,3)19(24)21-16-6-4-5-15(11-16)18(23)22(17-7-8-17)12-14-9-10-25-13-14/h4-6,11,14,17H,7-10,12-13H2,1-3H3,(H,21,24)/t14-/m0/s1. The van der Waals surface area contributed by atoms with Crippen LogP contribution in [0.2, 0.25) is 0 Å². The summed E-state index contributed by atoms with van der Waals surface area (Å²) in [5, 5.41) is 2.90. The third kappa shape index (κ3) is 4.60. The van der Waals surface area contributed by atoms with Crippen molar-refractivity contribution < 1.29 is 14.3 Å². The predicted molar refractivity (Wildman–Crippen MR) is 97.5 cm³/mol. The van der Waals surface area contributed by atoms with E-state index in [0.29, 0.717) is 23.2 Å². The van der Waals surface area contributed by atoms with Crippen LogP contribution in [0.5, 0.6) is 0 Å². The number of carbonyl (C=O) groups is 2. The smallest absolute Gasteiger partial charge is 0.254 e. The normalized spacial score (nSPS) is 20.4. The van der Waals surface area contributed by atoms with Gasteiger partial charge >= 0.3 is 0 Å². The van der Waals surface area contributed by atoms with E-state index in [1.165, 1.54) is 0 Å². The lowest BCUT2D eigenvalue weighted by molar-refractivity contribution is -0.123. The number of hydrogen-bond acceptors (Lipinski definition) is 3. The third-order valence-corrected chi connectivity index (χ3v) is 4.78. The van der Waals surface area contributed by atoms with Crippen LogP contribution in [0.3, 0.4) is 0 Å². The highest BCUT2D eigenvalue weighted by Gasteiger charge is 2.35. The topological polar surface area (TPSA) is 58.6 Å². The zero-order valence-corrected chi connectivity index (χ0v) is 15.4. The third-order valence-electron chi connectivity index (χ3n) is 4.78. The van der Waals surface area contributed by atoms with E-state index in [0.717, 1.165) is 39.0 Å². The lowest BCUT2D eigenvalue weighted by Crippen LogP contribution is -2.37. The number of anilines is 1. The highest BCUT2D eigenvalue weighted by Crippen LogP contribution is 2.31. The number of nitrogens with zero attached hydrogens (tertiary/aromatic N) is 1. The summed E-state index contributed by atoms with van der Waals surface area (Å²) < 4.78 is 5.45. The molecule has 2 amide bonds. The molecule has 5 heteroatoms. The van der Waals surface area contributed by atoms with Gasteiger partial charge in [0, 0.05) is 41.8 Å². The molecule has 1 saturated heterocycles. The number of benzene rings is 1. The maximum absolute atomic E-state index is 13.0. The Morgan fingerprint density at radius 1 is 1.24 bits per heavy atom. The highest BCUT2D eigenvalue weighted by atomic mass is 16.5. The number of ether oxygens (including phenoxy) is 1. The van der Waals surface area contributed by atoms with E-state index in [-0.39, 0.29) is 11.8 Å². The van der Waals surface area contributed by atoms with Crippen LogP contribution in [-0.2, 0) is 9.53 Å². The summed E-state index contributed by atoms with van der Waals surface area (Å²) in [6.45, 7) is 7.92. The van der Waals surface area contributed by atoms with Gasteiger partial charge in [0.25, 0.3) is 5.91 Å². The number of amides is 2. The van der Waals surface area contributed by atoms with E-state index in [4.69, 9.17) is 4.74 Å². The van der Waals surface area contributed by atoms with Crippen molar-refractivity contribution in [1.82, 2.24) is 4.90 Å². The van der Waals surface area contributed by atoms with Gasteiger partial charge in [-0.1, -0.05) is 26.8 Å². The number of rotatable bonds is 5. The van der Waals surface area contributed by atoms with E-state index in [9.17, 15) is 9.59 Å². The molecule has 0 bridgehead atoms. The maximum atomic E-state index is 13.0. The van der Waals surface area contributed by atoms with Gasteiger partial charge < -0.3 is 15.0 Å². The summed E-state index contributed by atoms with van der Waals surface area (Å²) in [5.41, 5.74) is 0.839. The first-order valence-corrected chi connectivity index (χ1v) is 9.15. The summed E-state index contributed by atoms with van der Waals surface area (Å²) in [7, 11) is 0. The molecule has 1 aromatic rings. The molecule has 0 radical (unpaired) electrons. The van der Waals surface area contributed by atoms with Crippen LogP contribution >= 0.6 is 0 Å². The minimum absolute atomic E-state index is 0.0562. The van der Waals surface area contributed by atoms with Gasteiger partial charge in [-0.2, -0.15) is 0 Å². The monoisotopic (exact) mass is 344 g/mol. The van der Waals surface area contributed by atoms with Crippen molar-refractivity contribution in [3.05, 3.63) is 29.8 Å². The Hall–Kier alpha value is -1.88. The zero-order chi connectivity index (χ0) is 18.0. The predicted octanol–water partition coefficient (Wildman–Crippen LogP) is 3.31. The van der Waals surface area contributed by atoms with Crippen molar-refractivity contribution in [2.45, 2.75) is 46.1 Å². The van der Waals surface area contributed by atoms with Crippen LogP contribution in [0.4, 0.5) is 5.69 Å². The lowest BCUT2D eigenvalue weighted by Gasteiger charge is -2.25. The van der Waals surface area contributed by atoms with Crippen LogP contribution in [0, 0.1) is 11.3 Å². The molecule has 0 spiro atoms. The molecular formula is C20H28N2O3. The second-order valence-electron chi connectivity index (χ2n) is 8.20. The van der Waals surface area contributed by atoms with Crippen molar-refractivity contribution in [3.63, 3.8) is 0 Å². The number of hydrogen-bond donors (Lipinski definition) is 1. The molecule has 1 saturated carbocycles. The van der Waals surface area contributed by atoms with E-state index >= 15 is 0 Å². The molecule has 1 aliphatic carbocycles. The van der Waals surface area contributed by atoms with Gasteiger partial charge in [-0.3, -0.25) is 9.59 Å². The summed E-state index contributed by atoms with van der Waals surface area (Å²) in [6.07, 6.45) is 3.19. The van der Waals surface area contributed by atoms with E-state index < -0.39 is 5.41 Å². The molecule has 0 aromatic heterocycles. The van der Waals surface area contributed by atoms with Gasteiger partial charge in [0.15, 0.2) is 0 Å². The van der Waals surface area contributed by atoms with Crippen molar-refractivity contribution in [1.29, 1.82) is 0 Å². The Balaban J connectivity index is 1.71. The number of carbonyl (C=O) groups excluding carboxylic acids is 2. The fraction of sp³-hybridized carbons (Fsp3) is 0.600. The van der Waals surface area contributed by atoms with Crippen LogP contribution in [-0.4, -0.2) is 42.5 Å². The molecule has 0 unspecified atom stereocenters. The Morgan fingerprint density at radius 3 is 2.60 bits per heavy atom. The summed E-state index contributed by atoms with van der Waals surface area (Å²) in [5.74, 6) is 0.439. The van der Waals surface area contributed by atoms with Gasteiger partial charge in [0.2, 0.25) is 5.91 Å². The zero-order valence-electron chi connectivity index (χ0n) is 15.4. The second kappa shape index (κ2) is 7.16. The van der Waals surface area contributed by atoms with Crippen molar-refractivity contribution in [2.75, 3.05) is 25.1 Å². The van der Waals surface area contributed by atoms with E-state index in [1.54, 1.807) is 6.07 Å². The Morgan fingerprint density at radius 2 is 2.00 bits per heavy atom. The lowest BCUT2D eigenvalue weighted by atomic mass is 9.95. The molecular weight excluding hydrogens is 316 g/mol. The van der Waals surface area contributed by atoms with Gasteiger partial charge in [-0.25, -0.2) is 0 Å². The molecule has 1 heterocycles. The second-order valence-corrected chi connectivity index (χ2v) is 8.20. The fourth-order valence-electron chi connectivity index (χ4n) is 3.00. The maximum Gasteiger partial charge on any atom is 0.254 e. The summed E-state index contributed by atoms with van der Waals surface area (Å²) >= 11 is 0. The van der Waals surface area contributed by atoms with Crippen LogP contribution < -0.4 is 5.32 Å². The van der Waals surface area contributed by atoms with Crippen LogP contribution in [0.25, 0.3) is 0 Å². The molecule has 136 valence electrons. The first-order chi connectivity index (χ1) is 11.8. The van der Waals surface area contributed by atoms with E-state index in [2.05, 4.69) is 5.32 Å². The highest BCUT2D eigenvalue weighted by molar-refractivity contribution is 5.98. The quantitative estimate of drug-likeness (QED) is 0.891. The van der Waals surface area contributed by atoms with Crippen molar-refractivity contribution in [2.24, 2.45) is 11.3 Å². The molecule has 1 atom stereocenters. The van der Waals surface area contributed by atoms with Crippen LogP contribution in [0.15, 0.2) is 24.3 Å². The molecule has 1 N–H and O–H groups in total. The molecule has 1 aliphatic heterocycles. The first-order valence-electron chi connectivity index (χ1n) is 9.15. The fourth-order valence-corrected chi connectivity index (χ4v) is 3.00. The first kappa shape index (κ1) is 17.9. The molecule has 5 nitrogen and oxygen atoms in total. The minimum Gasteiger partial charge on any atom is -0.381 e. The van der Waals surface area contributed by atoms with E-state index in [1.807, 2.05) is 43.9 Å². The van der Waals surface area contributed by atoms with Crippen molar-refractivity contribution in [3.8, 4) is 0 Å². The molecule has 2 aliphatic rings. The Labute approximate surface area is 149 Å². The molecule has 25 heavy (non-hydrogen) atoms. The Bertz CT molecular complexity index is 641. The summed E-state index contributed by atoms with van der Waals surface area (Å²) in [4.78, 5) is 27.2. The van der Waals surface area contributed by atoms with Gasteiger partial charge in [-0.05, 0) is 37.5 Å². The van der Waals surface area contributed by atoms with Crippen LogP contribution in [0.1, 0.15) is 50.4 Å². The average molecular weight is 344 g/mol. The summed E-state index contributed by atoms with van der Waals surface area (Å²) in [6, 6.07) is 7.63. The van der Waals surface area contributed by atoms with Gasteiger partial charge in [-0.15, -0.1) is 0 Å². The minimum atomic E-state index is -0.470. The van der Waals surface area contributed by atoms with Gasteiger partial charge in [0.05, 0.1) is 6.61 Å². The van der Waals surface area contributed by atoms with Crippen molar-refractivity contribution >= 4 is 17.5 Å². The molecule has 1 aromatic carbocycles. The van der Waals surface area contributed by atoms with Gasteiger partial charge in [0.1, 0.15) is 0 Å².